The lowest BCUT2D eigenvalue weighted by Gasteiger charge is -2.17. The molecule has 86 valence electrons. The lowest BCUT2D eigenvalue weighted by Crippen LogP contribution is -2.18. The third-order valence-corrected chi connectivity index (χ3v) is 2.94. The number of aromatic nitrogens is 1. The summed E-state index contributed by atoms with van der Waals surface area (Å²) >= 11 is 0. The molecule has 0 amide bonds. The number of aryl methyl sites for hydroxylation is 1. The topological polar surface area (TPSA) is 28.4 Å². The number of hydrogen-bond donors (Lipinski definition) is 1. The molecular weight excluding hydrogens is 200 g/mol. The van der Waals surface area contributed by atoms with E-state index in [-0.39, 0.29) is 6.61 Å². The minimum atomic E-state index is 0.245. The quantitative estimate of drug-likeness (QED) is 0.850. The van der Waals surface area contributed by atoms with Crippen molar-refractivity contribution < 1.29 is 5.11 Å². The van der Waals surface area contributed by atoms with E-state index in [2.05, 4.69) is 54.0 Å². The van der Waals surface area contributed by atoms with E-state index in [4.69, 9.17) is 5.11 Å². The molecule has 1 heterocycles. The fraction of sp³-hybridized carbons (Fsp3) is 0.385. The van der Waals surface area contributed by atoms with Gasteiger partial charge in [0.25, 0.3) is 0 Å². The average Bonchev–Trinajstić information content (AvgIpc) is 2.65. The van der Waals surface area contributed by atoms with Gasteiger partial charge < -0.3 is 14.6 Å². The second-order valence-electron chi connectivity index (χ2n) is 4.14. The van der Waals surface area contributed by atoms with Crippen molar-refractivity contribution in [3.05, 3.63) is 30.5 Å². The number of rotatable bonds is 4. The van der Waals surface area contributed by atoms with Gasteiger partial charge in [0.05, 0.1) is 5.69 Å². The van der Waals surface area contributed by atoms with Crippen LogP contribution in [-0.2, 0) is 7.05 Å². The standard InChI is InChI=1S/C13H18N2O/c1-14(8-5-9-16)13-10-15(2)12-7-4-3-6-11(12)13/h3-4,6-7,10,16H,5,8-9H2,1-2H3. The molecule has 0 aliphatic heterocycles. The zero-order chi connectivity index (χ0) is 11.5. The van der Waals surface area contributed by atoms with Crippen LogP contribution >= 0.6 is 0 Å². The summed E-state index contributed by atoms with van der Waals surface area (Å²) in [6.07, 6.45) is 2.95. The van der Waals surface area contributed by atoms with E-state index in [1.165, 1.54) is 16.6 Å². The summed E-state index contributed by atoms with van der Waals surface area (Å²) in [6.45, 7) is 1.12. The molecule has 0 atom stereocenters. The van der Waals surface area contributed by atoms with Gasteiger partial charge in [-0.3, -0.25) is 0 Å². The summed E-state index contributed by atoms with van der Waals surface area (Å²) in [5.74, 6) is 0. The number of benzene rings is 1. The van der Waals surface area contributed by atoms with E-state index in [1.54, 1.807) is 0 Å². The van der Waals surface area contributed by atoms with Gasteiger partial charge in [-0.15, -0.1) is 0 Å². The Bertz CT molecular complexity index is 476. The first-order chi connectivity index (χ1) is 7.74. The number of fused-ring (bicyclic) bond motifs is 1. The molecule has 3 heteroatoms. The maximum absolute atomic E-state index is 8.85. The molecule has 0 fully saturated rings. The minimum absolute atomic E-state index is 0.245. The molecule has 0 aliphatic carbocycles. The third kappa shape index (κ3) is 1.91. The van der Waals surface area contributed by atoms with Crippen LogP contribution in [0, 0.1) is 0 Å². The number of anilines is 1. The van der Waals surface area contributed by atoms with E-state index in [0.29, 0.717) is 0 Å². The van der Waals surface area contributed by atoms with Crippen molar-refractivity contribution in [1.82, 2.24) is 4.57 Å². The smallest absolute Gasteiger partial charge is 0.0623 e. The minimum Gasteiger partial charge on any atom is -0.396 e. The molecule has 0 radical (unpaired) electrons. The van der Waals surface area contributed by atoms with Crippen molar-refractivity contribution in [2.45, 2.75) is 6.42 Å². The van der Waals surface area contributed by atoms with Crippen molar-refractivity contribution in [2.24, 2.45) is 7.05 Å². The van der Waals surface area contributed by atoms with Crippen molar-refractivity contribution in [3.8, 4) is 0 Å². The van der Waals surface area contributed by atoms with Crippen LogP contribution in [0.5, 0.6) is 0 Å². The Kier molecular flexibility index (Phi) is 3.15. The average molecular weight is 218 g/mol. The molecule has 0 spiro atoms. The molecule has 2 aromatic rings. The maximum Gasteiger partial charge on any atom is 0.0623 e. The number of para-hydroxylation sites is 1. The zero-order valence-electron chi connectivity index (χ0n) is 9.85. The highest BCUT2D eigenvalue weighted by Crippen LogP contribution is 2.27. The summed E-state index contributed by atoms with van der Waals surface area (Å²) < 4.78 is 2.14. The highest BCUT2D eigenvalue weighted by atomic mass is 16.3. The summed E-state index contributed by atoms with van der Waals surface area (Å²) in [7, 11) is 4.13. The number of aliphatic hydroxyl groups excluding tert-OH is 1. The normalized spacial score (nSPS) is 10.9. The SMILES string of the molecule is CN(CCCO)c1cn(C)c2ccccc12. The van der Waals surface area contributed by atoms with Gasteiger partial charge in [0.15, 0.2) is 0 Å². The molecule has 0 bridgehead atoms. The summed E-state index contributed by atoms with van der Waals surface area (Å²) in [6, 6.07) is 8.38. The first-order valence-corrected chi connectivity index (χ1v) is 5.60. The van der Waals surface area contributed by atoms with E-state index in [0.717, 1.165) is 13.0 Å². The van der Waals surface area contributed by atoms with Crippen LogP contribution in [-0.4, -0.2) is 29.9 Å². The molecule has 0 saturated carbocycles. The van der Waals surface area contributed by atoms with Crippen LogP contribution in [0.3, 0.4) is 0 Å². The van der Waals surface area contributed by atoms with Crippen molar-refractivity contribution in [3.63, 3.8) is 0 Å². The largest absolute Gasteiger partial charge is 0.396 e. The first kappa shape index (κ1) is 11.0. The molecule has 0 aliphatic rings. The summed E-state index contributed by atoms with van der Waals surface area (Å²) in [5.41, 5.74) is 2.47. The van der Waals surface area contributed by atoms with Gasteiger partial charge in [-0.1, -0.05) is 18.2 Å². The van der Waals surface area contributed by atoms with Crippen molar-refractivity contribution >= 4 is 16.6 Å². The van der Waals surface area contributed by atoms with Crippen LogP contribution in [0.1, 0.15) is 6.42 Å². The third-order valence-electron chi connectivity index (χ3n) is 2.94. The predicted molar refractivity (Wildman–Crippen MR) is 67.9 cm³/mol. The highest BCUT2D eigenvalue weighted by Gasteiger charge is 2.09. The molecule has 3 nitrogen and oxygen atoms in total. The Morgan fingerprint density at radius 3 is 2.81 bits per heavy atom. The van der Waals surface area contributed by atoms with Gasteiger partial charge in [0.2, 0.25) is 0 Å². The number of aliphatic hydroxyl groups is 1. The zero-order valence-corrected chi connectivity index (χ0v) is 9.85. The van der Waals surface area contributed by atoms with E-state index in [9.17, 15) is 0 Å². The molecule has 16 heavy (non-hydrogen) atoms. The Labute approximate surface area is 95.9 Å². The van der Waals surface area contributed by atoms with E-state index < -0.39 is 0 Å². The number of hydrogen-bond acceptors (Lipinski definition) is 2. The Morgan fingerprint density at radius 2 is 2.06 bits per heavy atom. The fourth-order valence-electron chi connectivity index (χ4n) is 2.05. The van der Waals surface area contributed by atoms with Gasteiger partial charge in [0, 0.05) is 44.3 Å². The van der Waals surface area contributed by atoms with Crippen molar-refractivity contribution in [2.75, 3.05) is 25.1 Å². The number of nitrogens with zero attached hydrogens (tertiary/aromatic N) is 2. The lowest BCUT2D eigenvalue weighted by molar-refractivity contribution is 0.290. The molecule has 1 aromatic carbocycles. The Morgan fingerprint density at radius 1 is 1.31 bits per heavy atom. The molecule has 1 N–H and O–H groups in total. The van der Waals surface area contributed by atoms with E-state index in [1.807, 2.05) is 0 Å². The second-order valence-corrected chi connectivity index (χ2v) is 4.14. The van der Waals surface area contributed by atoms with Crippen LogP contribution in [0.15, 0.2) is 30.5 Å². The van der Waals surface area contributed by atoms with E-state index >= 15 is 0 Å². The van der Waals surface area contributed by atoms with Gasteiger partial charge in [-0.05, 0) is 12.5 Å². The lowest BCUT2D eigenvalue weighted by atomic mass is 10.2. The Hall–Kier alpha value is -1.48. The van der Waals surface area contributed by atoms with Gasteiger partial charge >= 0.3 is 0 Å². The maximum atomic E-state index is 8.85. The molecule has 1 aromatic heterocycles. The molecule has 2 rings (SSSR count). The molecule has 0 saturated heterocycles. The Balaban J connectivity index is 2.37. The first-order valence-electron chi connectivity index (χ1n) is 5.60. The monoisotopic (exact) mass is 218 g/mol. The second kappa shape index (κ2) is 4.58. The predicted octanol–water partition coefficient (Wildman–Crippen LogP) is 2.00. The highest BCUT2D eigenvalue weighted by molar-refractivity contribution is 5.93. The fourth-order valence-corrected chi connectivity index (χ4v) is 2.05. The molecular formula is C13H18N2O. The van der Waals surface area contributed by atoms with Gasteiger partial charge in [0.1, 0.15) is 0 Å². The van der Waals surface area contributed by atoms with Crippen molar-refractivity contribution in [1.29, 1.82) is 0 Å². The van der Waals surface area contributed by atoms with Crippen LogP contribution < -0.4 is 4.90 Å². The van der Waals surface area contributed by atoms with Gasteiger partial charge in [-0.25, -0.2) is 0 Å². The summed E-state index contributed by atoms with van der Waals surface area (Å²) in [5, 5.41) is 10.1. The van der Waals surface area contributed by atoms with Gasteiger partial charge in [-0.2, -0.15) is 0 Å². The van der Waals surface area contributed by atoms with Crippen LogP contribution in [0.4, 0.5) is 5.69 Å². The van der Waals surface area contributed by atoms with Crippen LogP contribution in [0.25, 0.3) is 10.9 Å². The van der Waals surface area contributed by atoms with Crippen LogP contribution in [0.2, 0.25) is 0 Å². The summed E-state index contributed by atoms with van der Waals surface area (Å²) in [4.78, 5) is 2.19. The molecule has 0 unspecified atom stereocenters.